The standard InChI is InChI=1S/C13H19NO3/c15-12(14-5-1-2-6-14)10-8-3-4-9(7-8)11(10)13(16)17/h8-11H,1-7H2,(H,16,17)/t8-,9-,10-,11-/m0/s1. The van der Waals surface area contributed by atoms with Gasteiger partial charge in [-0.3, -0.25) is 9.59 Å². The molecule has 2 saturated carbocycles. The van der Waals surface area contributed by atoms with Gasteiger partial charge in [0.2, 0.25) is 5.91 Å². The van der Waals surface area contributed by atoms with Crippen molar-refractivity contribution in [2.75, 3.05) is 13.1 Å². The van der Waals surface area contributed by atoms with Crippen LogP contribution in [0, 0.1) is 23.7 Å². The van der Waals surface area contributed by atoms with Crippen molar-refractivity contribution >= 4 is 11.9 Å². The third kappa shape index (κ3) is 1.65. The van der Waals surface area contributed by atoms with Crippen LogP contribution in [0.3, 0.4) is 0 Å². The molecule has 1 amide bonds. The van der Waals surface area contributed by atoms with Gasteiger partial charge in [-0.15, -0.1) is 0 Å². The van der Waals surface area contributed by atoms with Crippen LogP contribution in [-0.2, 0) is 9.59 Å². The summed E-state index contributed by atoms with van der Waals surface area (Å²) in [6.07, 6.45) is 5.17. The van der Waals surface area contributed by atoms with E-state index in [0.29, 0.717) is 5.92 Å². The van der Waals surface area contributed by atoms with Gasteiger partial charge in [0.05, 0.1) is 11.8 Å². The van der Waals surface area contributed by atoms with Crippen molar-refractivity contribution in [3.63, 3.8) is 0 Å². The highest BCUT2D eigenvalue weighted by Gasteiger charge is 2.54. The molecule has 3 aliphatic rings. The number of carboxylic acid groups (broad SMARTS) is 1. The van der Waals surface area contributed by atoms with Crippen molar-refractivity contribution in [2.45, 2.75) is 32.1 Å². The Kier molecular flexibility index (Phi) is 2.60. The number of likely N-dealkylation sites (tertiary alicyclic amines) is 1. The second kappa shape index (κ2) is 4.00. The minimum absolute atomic E-state index is 0.127. The molecule has 1 heterocycles. The fourth-order valence-electron chi connectivity index (χ4n) is 4.15. The molecule has 0 spiro atoms. The quantitative estimate of drug-likeness (QED) is 0.788. The summed E-state index contributed by atoms with van der Waals surface area (Å²) >= 11 is 0. The molecule has 94 valence electrons. The van der Waals surface area contributed by atoms with E-state index in [9.17, 15) is 14.7 Å². The number of amides is 1. The van der Waals surface area contributed by atoms with Gasteiger partial charge in [-0.25, -0.2) is 0 Å². The van der Waals surface area contributed by atoms with E-state index in [0.717, 1.165) is 45.2 Å². The molecule has 2 bridgehead atoms. The van der Waals surface area contributed by atoms with Gasteiger partial charge >= 0.3 is 5.97 Å². The number of hydrogen-bond donors (Lipinski definition) is 1. The molecule has 0 radical (unpaired) electrons. The highest BCUT2D eigenvalue weighted by molar-refractivity contribution is 5.86. The SMILES string of the molecule is O=C(O)[C@H]1[C@H]2CC[C@@H](C2)[C@@H]1C(=O)N1CCCC1. The maximum absolute atomic E-state index is 12.4. The maximum atomic E-state index is 12.4. The monoisotopic (exact) mass is 237 g/mol. The van der Waals surface area contributed by atoms with Gasteiger partial charge in [0.25, 0.3) is 0 Å². The zero-order chi connectivity index (χ0) is 12.0. The van der Waals surface area contributed by atoms with Crippen LogP contribution in [0.4, 0.5) is 0 Å². The summed E-state index contributed by atoms with van der Waals surface area (Å²) in [6, 6.07) is 0. The van der Waals surface area contributed by atoms with Gasteiger partial charge in [0, 0.05) is 13.1 Å². The van der Waals surface area contributed by atoms with E-state index in [2.05, 4.69) is 0 Å². The first kappa shape index (κ1) is 11.1. The van der Waals surface area contributed by atoms with Gasteiger partial charge in [0.1, 0.15) is 0 Å². The number of carbonyl (C=O) groups excluding carboxylic acids is 1. The molecule has 3 fully saturated rings. The molecule has 4 heteroatoms. The summed E-state index contributed by atoms with van der Waals surface area (Å²) < 4.78 is 0. The second-order valence-corrected chi connectivity index (χ2v) is 5.76. The van der Waals surface area contributed by atoms with Crippen LogP contribution >= 0.6 is 0 Å². The lowest BCUT2D eigenvalue weighted by molar-refractivity contribution is -0.152. The molecule has 2 aliphatic carbocycles. The van der Waals surface area contributed by atoms with Crippen LogP contribution in [0.15, 0.2) is 0 Å². The Bertz CT molecular complexity index is 349. The van der Waals surface area contributed by atoms with Crippen LogP contribution in [0.5, 0.6) is 0 Å². The summed E-state index contributed by atoms with van der Waals surface area (Å²) in [7, 11) is 0. The van der Waals surface area contributed by atoms with Gasteiger partial charge < -0.3 is 10.0 Å². The van der Waals surface area contributed by atoms with Crippen LogP contribution in [0.25, 0.3) is 0 Å². The van der Waals surface area contributed by atoms with E-state index in [1.165, 1.54) is 0 Å². The normalized spacial score (nSPS) is 39.9. The zero-order valence-corrected chi connectivity index (χ0v) is 9.97. The Balaban J connectivity index is 1.80. The molecule has 4 atom stereocenters. The number of aliphatic carboxylic acids is 1. The third-order valence-electron chi connectivity index (χ3n) is 4.90. The molecule has 0 aromatic heterocycles. The van der Waals surface area contributed by atoms with Crippen LogP contribution in [-0.4, -0.2) is 35.0 Å². The van der Waals surface area contributed by atoms with Crippen LogP contribution < -0.4 is 0 Å². The fraction of sp³-hybridized carbons (Fsp3) is 0.846. The van der Waals surface area contributed by atoms with Crippen LogP contribution in [0.2, 0.25) is 0 Å². The largest absolute Gasteiger partial charge is 0.481 e. The predicted molar refractivity (Wildman–Crippen MR) is 61.3 cm³/mol. The molecule has 3 rings (SSSR count). The molecule has 4 nitrogen and oxygen atoms in total. The molecule has 1 saturated heterocycles. The van der Waals surface area contributed by atoms with Gasteiger partial charge in [-0.2, -0.15) is 0 Å². The number of hydrogen-bond acceptors (Lipinski definition) is 2. The van der Waals surface area contributed by atoms with E-state index in [1.807, 2.05) is 4.90 Å². The summed E-state index contributed by atoms with van der Waals surface area (Å²) in [6.45, 7) is 1.66. The Morgan fingerprint density at radius 1 is 1.00 bits per heavy atom. The van der Waals surface area contributed by atoms with E-state index >= 15 is 0 Å². The Morgan fingerprint density at radius 2 is 1.59 bits per heavy atom. The lowest BCUT2D eigenvalue weighted by Crippen LogP contribution is -2.42. The third-order valence-corrected chi connectivity index (χ3v) is 4.90. The van der Waals surface area contributed by atoms with Crippen LogP contribution in [0.1, 0.15) is 32.1 Å². The van der Waals surface area contributed by atoms with Crippen molar-refractivity contribution in [1.82, 2.24) is 4.90 Å². The number of carboxylic acids is 1. The predicted octanol–water partition coefficient (Wildman–Crippen LogP) is 1.36. The molecule has 1 aliphatic heterocycles. The van der Waals surface area contributed by atoms with E-state index in [-0.39, 0.29) is 17.7 Å². The Morgan fingerprint density at radius 3 is 2.18 bits per heavy atom. The number of carbonyl (C=O) groups is 2. The second-order valence-electron chi connectivity index (χ2n) is 5.76. The summed E-state index contributed by atoms with van der Waals surface area (Å²) in [5.74, 6) is -0.647. The molecule has 0 unspecified atom stereocenters. The average molecular weight is 237 g/mol. The molecular weight excluding hydrogens is 218 g/mol. The first-order valence-electron chi connectivity index (χ1n) is 6.70. The van der Waals surface area contributed by atoms with Crippen molar-refractivity contribution in [2.24, 2.45) is 23.7 Å². The van der Waals surface area contributed by atoms with Crippen molar-refractivity contribution < 1.29 is 14.7 Å². The Hall–Kier alpha value is -1.06. The lowest BCUT2D eigenvalue weighted by Gasteiger charge is -2.30. The smallest absolute Gasteiger partial charge is 0.307 e. The zero-order valence-electron chi connectivity index (χ0n) is 9.97. The molecular formula is C13H19NO3. The lowest BCUT2D eigenvalue weighted by atomic mass is 9.78. The van der Waals surface area contributed by atoms with Crippen molar-refractivity contribution in [3.8, 4) is 0 Å². The van der Waals surface area contributed by atoms with E-state index in [1.54, 1.807) is 0 Å². The number of rotatable bonds is 2. The maximum Gasteiger partial charge on any atom is 0.307 e. The van der Waals surface area contributed by atoms with E-state index < -0.39 is 11.9 Å². The van der Waals surface area contributed by atoms with Crippen molar-refractivity contribution in [1.29, 1.82) is 0 Å². The highest BCUT2D eigenvalue weighted by Crippen LogP contribution is 2.53. The molecule has 0 aromatic rings. The highest BCUT2D eigenvalue weighted by atomic mass is 16.4. The molecule has 1 N–H and O–H groups in total. The van der Waals surface area contributed by atoms with Gasteiger partial charge in [-0.1, -0.05) is 0 Å². The minimum Gasteiger partial charge on any atom is -0.481 e. The molecule has 0 aromatic carbocycles. The van der Waals surface area contributed by atoms with Crippen molar-refractivity contribution in [3.05, 3.63) is 0 Å². The Labute approximate surface area is 101 Å². The summed E-state index contributed by atoms with van der Waals surface area (Å²) in [5.41, 5.74) is 0. The number of fused-ring (bicyclic) bond motifs is 2. The molecule has 17 heavy (non-hydrogen) atoms. The van der Waals surface area contributed by atoms with Gasteiger partial charge in [-0.05, 0) is 43.9 Å². The fourth-order valence-corrected chi connectivity index (χ4v) is 4.15. The topological polar surface area (TPSA) is 57.6 Å². The minimum atomic E-state index is -0.755. The van der Waals surface area contributed by atoms with Gasteiger partial charge in [0.15, 0.2) is 0 Å². The van der Waals surface area contributed by atoms with E-state index in [4.69, 9.17) is 0 Å². The summed E-state index contributed by atoms with van der Waals surface area (Å²) in [5, 5.41) is 9.33. The first-order chi connectivity index (χ1) is 8.18. The number of nitrogens with zero attached hydrogens (tertiary/aromatic N) is 1. The first-order valence-corrected chi connectivity index (χ1v) is 6.70. The summed E-state index contributed by atoms with van der Waals surface area (Å²) in [4.78, 5) is 25.7. The average Bonchev–Trinajstić information content (AvgIpc) is 3.02.